The summed E-state index contributed by atoms with van der Waals surface area (Å²) in [6.45, 7) is 4.48. The number of nitrogens with one attached hydrogen (secondary N) is 2. The zero-order chi connectivity index (χ0) is 17.5. The molecule has 24 heavy (non-hydrogen) atoms. The molecule has 0 saturated carbocycles. The molecule has 0 bridgehead atoms. The van der Waals surface area contributed by atoms with Gasteiger partial charge < -0.3 is 16.4 Å². The van der Waals surface area contributed by atoms with E-state index in [0.29, 0.717) is 11.0 Å². The smallest absolute Gasteiger partial charge is 0.252 e. The van der Waals surface area contributed by atoms with Crippen LogP contribution in [0.25, 0.3) is 0 Å². The van der Waals surface area contributed by atoms with E-state index in [9.17, 15) is 14.0 Å². The number of benzene rings is 1. The standard InChI is InChI=1S/C16H23BrFN3O2.ClH/c1-3-16(4-2,10-19)21-14(22)7-8-20-15(23)12-9-11(18)5-6-13(12)17;/h5-6,9H,3-4,7-8,10,19H2,1-2H3,(H,20,23)(H,21,22);1H. The Morgan fingerprint density at radius 1 is 1.29 bits per heavy atom. The van der Waals surface area contributed by atoms with Crippen LogP contribution in [0.3, 0.4) is 0 Å². The van der Waals surface area contributed by atoms with Gasteiger partial charge in [-0.15, -0.1) is 12.4 Å². The summed E-state index contributed by atoms with van der Waals surface area (Å²) in [5, 5.41) is 5.54. The van der Waals surface area contributed by atoms with E-state index < -0.39 is 17.3 Å². The molecule has 1 aromatic rings. The molecule has 0 aliphatic rings. The number of nitrogens with two attached hydrogens (primary N) is 1. The van der Waals surface area contributed by atoms with Crippen molar-refractivity contribution in [3.8, 4) is 0 Å². The van der Waals surface area contributed by atoms with E-state index in [2.05, 4.69) is 26.6 Å². The molecule has 0 fully saturated rings. The molecule has 0 unspecified atom stereocenters. The summed E-state index contributed by atoms with van der Waals surface area (Å²) < 4.78 is 13.7. The predicted molar refractivity (Wildman–Crippen MR) is 98.8 cm³/mol. The quantitative estimate of drug-likeness (QED) is 0.600. The Morgan fingerprint density at radius 2 is 1.92 bits per heavy atom. The van der Waals surface area contributed by atoms with Crippen LogP contribution >= 0.6 is 28.3 Å². The van der Waals surface area contributed by atoms with Crippen LogP contribution in [0.1, 0.15) is 43.5 Å². The maximum Gasteiger partial charge on any atom is 0.252 e. The van der Waals surface area contributed by atoms with Gasteiger partial charge in [-0.3, -0.25) is 9.59 Å². The van der Waals surface area contributed by atoms with Crippen LogP contribution in [-0.4, -0.2) is 30.4 Å². The lowest BCUT2D eigenvalue weighted by atomic mass is 9.93. The molecular formula is C16H24BrClFN3O2. The van der Waals surface area contributed by atoms with Crippen molar-refractivity contribution in [2.24, 2.45) is 5.73 Å². The first kappa shape index (κ1) is 22.8. The monoisotopic (exact) mass is 423 g/mol. The van der Waals surface area contributed by atoms with Crippen LogP contribution < -0.4 is 16.4 Å². The summed E-state index contributed by atoms with van der Waals surface area (Å²) in [4.78, 5) is 24.0. The lowest BCUT2D eigenvalue weighted by molar-refractivity contribution is -0.122. The third kappa shape index (κ3) is 6.37. The minimum absolute atomic E-state index is 0. The Bertz CT molecular complexity index is 560. The fourth-order valence-corrected chi connectivity index (χ4v) is 2.61. The fraction of sp³-hybridized carbons (Fsp3) is 0.500. The SMILES string of the molecule is CCC(CC)(CN)NC(=O)CCNC(=O)c1cc(F)ccc1Br.Cl. The predicted octanol–water partition coefficient (Wildman–Crippen LogP) is 2.76. The second-order valence-electron chi connectivity index (χ2n) is 5.37. The van der Waals surface area contributed by atoms with Crippen LogP contribution in [-0.2, 0) is 4.79 Å². The maximum atomic E-state index is 13.2. The molecule has 1 rings (SSSR count). The van der Waals surface area contributed by atoms with Gasteiger partial charge in [0, 0.05) is 24.0 Å². The Morgan fingerprint density at radius 3 is 2.46 bits per heavy atom. The topological polar surface area (TPSA) is 84.2 Å². The minimum Gasteiger partial charge on any atom is -0.351 e. The average Bonchev–Trinajstić information content (AvgIpc) is 2.55. The number of rotatable bonds is 8. The van der Waals surface area contributed by atoms with E-state index >= 15 is 0 Å². The zero-order valence-electron chi connectivity index (χ0n) is 13.8. The lowest BCUT2D eigenvalue weighted by Crippen LogP contribution is -2.53. The van der Waals surface area contributed by atoms with E-state index in [0.717, 1.165) is 18.9 Å². The van der Waals surface area contributed by atoms with Gasteiger partial charge in [0.25, 0.3) is 5.91 Å². The first-order valence-corrected chi connectivity index (χ1v) is 8.41. The van der Waals surface area contributed by atoms with E-state index in [1.165, 1.54) is 12.1 Å². The van der Waals surface area contributed by atoms with Gasteiger partial charge in [0.15, 0.2) is 0 Å². The molecule has 0 heterocycles. The van der Waals surface area contributed by atoms with Crippen LogP contribution in [0.4, 0.5) is 4.39 Å². The van der Waals surface area contributed by atoms with Gasteiger partial charge in [-0.2, -0.15) is 0 Å². The molecular weight excluding hydrogens is 401 g/mol. The minimum atomic E-state index is -0.491. The zero-order valence-corrected chi connectivity index (χ0v) is 16.2. The molecule has 0 atom stereocenters. The highest BCUT2D eigenvalue weighted by atomic mass is 79.9. The molecule has 5 nitrogen and oxygen atoms in total. The van der Waals surface area contributed by atoms with Gasteiger partial charge in [-0.25, -0.2) is 4.39 Å². The van der Waals surface area contributed by atoms with Gasteiger partial charge in [-0.1, -0.05) is 13.8 Å². The Labute approximate surface area is 156 Å². The molecule has 0 spiro atoms. The van der Waals surface area contributed by atoms with Crippen LogP contribution in [0, 0.1) is 5.82 Å². The highest BCUT2D eigenvalue weighted by molar-refractivity contribution is 9.10. The van der Waals surface area contributed by atoms with Gasteiger partial charge >= 0.3 is 0 Å². The summed E-state index contributed by atoms with van der Waals surface area (Å²) >= 11 is 3.20. The van der Waals surface area contributed by atoms with Crippen molar-refractivity contribution < 1.29 is 14.0 Å². The Balaban J connectivity index is 0.00000529. The highest BCUT2D eigenvalue weighted by Crippen LogP contribution is 2.17. The van der Waals surface area contributed by atoms with E-state index in [4.69, 9.17) is 5.73 Å². The lowest BCUT2D eigenvalue weighted by Gasteiger charge is -2.31. The molecule has 0 radical (unpaired) electrons. The summed E-state index contributed by atoms with van der Waals surface area (Å²) in [6, 6.07) is 3.87. The summed E-state index contributed by atoms with van der Waals surface area (Å²) in [5.74, 6) is -1.09. The fourth-order valence-electron chi connectivity index (χ4n) is 2.18. The molecule has 0 aromatic heterocycles. The van der Waals surface area contributed by atoms with Crippen molar-refractivity contribution in [3.05, 3.63) is 34.1 Å². The van der Waals surface area contributed by atoms with Crippen LogP contribution in [0.2, 0.25) is 0 Å². The number of amides is 2. The van der Waals surface area contributed by atoms with Crippen molar-refractivity contribution in [3.63, 3.8) is 0 Å². The van der Waals surface area contributed by atoms with E-state index in [-0.39, 0.29) is 36.8 Å². The number of carbonyl (C=O) groups is 2. The van der Waals surface area contributed by atoms with Crippen molar-refractivity contribution >= 4 is 40.2 Å². The van der Waals surface area contributed by atoms with Gasteiger partial charge in [0.2, 0.25) is 5.91 Å². The summed E-state index contributed by atoms with van der Waals surface area (Å²) in [7, 11) is 0. The van der Waals surface area contributed by atoms with Crippen molar-refractivity contribution in [1.29, 1.82) is 0 Å². The van der Waals surface area contributed by atoms with Gasteiger partial charge in [0.05, 0.1) is 11.1 Å². The third-order valence-electron chi connectivity index (χ3n) is 3.96. The summed E-state index contributed by atoms with van der Waals surface area (Å²) in [6.07, 6.45) is 1.63. The van der Waals surface area contributed by atoms with Gasteiger partial charge in [-0.05, 0) is 47.0 Å². The molecule has 4 N–H and O–H groups in total. The van der Waals surface area contributed by atoms with E-state index in [1.807, 2.05) is 13.8 Å². The van der Waals surface area contributed by atoms with Crippen LogP contribution in [0.15, 0.2) is 22.7 Å². The van der Waals surface area contributed by atoms with Crippen molar-refractivity contribution in [1.82, 2.24) is 10.6 Å². The number of hydrogen-bond donors (Lipinski definition) is 3. The first-order valence-electron chi connectivity index (χ1n) is 7.61. The average molecular weight is 425 g/mol. The number of halogens is 3. The van der Waals surface area contributed by atoms with E-state index in [1.54, 1.807) is 0 Å². The van der Waals surface area contributed by atoms with Crippen molar-refractivity contribution in [2.75, 3.05) is 13.1 Å². The molecule has 0 aliphatic heterocycles. The molecule has 2 amide bonds. The second kappa shape index (κ2) is 10.6. The number of hydrogen-bond acceptors (Lipinski definition) is 3. The molecule has 8 heteroatoms. The largest absolute Gasteiger partial charge is 0.351 e. The second-order valence-corrected chi connectivity index (χ2v) is 6.22. The highest BCUT2D eigenvalue weighted by Gasteiger charge is 2.26. The molecule has 1 aromatic carbocycles. The normalized spacial score (nSPS) is 10.7. The molecule has 136 valence electrons. The summed E-state index contributed by atoms with van der Waals surface area (Å²) in [5.41, 5.74) is 5.54. The van der Waals surface area contributed by atoms with Crippen LogP contribution in [0.5, 0.6) is 0 Å². The Kier molecular flexibility index (Phi) is 10.1. The first-order chi connectivity index (χ1) is 10.9. The molecule has 0 saturated heterocycles. The third-order valence-corrected chi connectivity index (χ3v) is 4.65. The Hall–Kier alpha value is -1.18. The van der Waals surface area contributed by atoms with Gasteiger partial charge in [0.1, 0.15) is 5.82 Å². The molecule has 0 aliphatic carbocycles. The van der Waals surface area contributed by atoms with Crippen molar-refractivity contribution in [2.45, 2.75) is 38.6 Å². The maximum absolute atomic E-state index is 13.2. The number of carbonyl (C=O) groups excluding carboxylic acids is 2.